The van der Waals surface area contributed by atoms with Crippen LogP contribution in [0.25, 0.3) is 0 Å². The molecule has 7 nitrogen and oxygen atoms in total. The number of anilines is 1. The summed E-state index contributed by atoms with van der Waals surface area (Å²) in [6, 6.07) is 10.9. The molecule has 1 heterocycles. The Labute approximate surface area is 114 Å². The Kier molecular flexibility index (Phi) is 3.77. The van der Waals surface area contributed by atoms with Gasteiger partial charge in [-0.2, -0.15) is 10.2 Å². The summed E-state index contributed by atoms with van der Waals surface area (Å²) in [5.74, 6) is 0.846. The van der Waals surface area contributed by atoms with Crippen LogP contribution < -0.4 is 10.1 Å². The molecular weight excluding hydrogens is 260 g/mol. The maximum absolute atomic E-state index is 11.0. The molecule has 2 aromatic rings. The second-order valence-corrected chi connectivity index (χ2v) is 3.76. The van der Waals surface area contributed by atoms with E-state index in [0.29, 0.717) is 5.82 Å². The largest absolute Gasteiger partial charge is 0.432 e. The minimum atomic E-state index is -0.599. The van der Waals surface area contributed by atoms with Crippen molar-refractivity contribution >= 4 is 11.5 Å². The van der Waals surface area contributed by atoms with Gasteiger partial charge in [0.15, 0.2) is 0 Å². The first-order chi connectivity index (χ1) is 9.63. The van der Waals surface area contributed by atoms with Crippen molar-refractivity contribution in [2.24, 2.45) is 0 Å². The first-order valence-corrected chi connectivity index (χ1v) is 5.65. The number of benzene rings is 1. The molecule has 0 aliphatic rings. The Bertz CT molecular complexity index is 694. The van der Waals surface area contributed by atoms with E-state index >= 15 is 0 Å². The van der Waals surface area contributed by atoms with Gasteiger partial charge in [0.2, 0.25) is 11.6 Å². The van der Waals surface area contributed by atoms with E-state index in [2.05, 4.69) is 10.3 Å². The number of nitriles is 1. The molecule has 1 N–H and O–H groups in total. The summed E-state index contributed by atoms with van der Waals surface area (Å²) < 4.78 is 5.41. The molecule has 0 aliphatic carbocycles. The fraction of sp³-hybridized carbons (Fsp3) is 0.0769. The van der Waals surface area contributed by atoms with E-state index in [9.17, 15) is 10.1 Å². The van der Waals surface area contributed by atoms with Gasteiger partial charge in [-0.15, -0.1) is 0 Å². The third-order valence-electron chi connectivity index (χ3n) is 2.48. The van der Waals surface area contributed by atoms with E-state index in [1.807, 2.05) is 6.07 Å². The highest BCUT2D eigenvalue weighted by Crippen LogP contribution is 2.31. The number of rotatable bonds is 4. The summed E-state index contributed by atoms with van der Waals surface area (Å²) in [5, 5.41) is 22.6. The van der Waals surface area contributed by atoms with Gasteiger partial charge in [-0.1, -0.05) is 6.07 Å². The number of nitrogens with one attached hydrogen (secondary N) is 1. The van der Waals surface area contributed by atoms with Crippen molar-refractivity contribution in [2.75, 3.05) is 12.4 Å². The molecule has 0 aliphatic heterocycles. The molecule has 0 spiro atoms. The SMILES string of the molecule is CNc1cccc(Oc2ccc(C#N)cc2[N+](=O)[O-])n1. The van der Waals surface area contributed by atoms with Crippen LogP contribution in [0, 0.1) is 21.4 Å². The predicted molar refractivity (Wildman–Crippen MR) is 71.7 cm³/mol. The van der Waals surface area contributed by atoms with Crippen LogP contribution in [-0.2, 0) is 0 Å². The van der Waals surface area contributed by atoms with E-state index in [1.165, 1.54) is 12.1 Å². The smallest absolute Gasteiger partial charge is 0.312 e. The molecule has 7 heteroatoms. The van der Waals surface area contributed by atoms with Crippen molar-refractivity contribution in [1.29, 1.82) is 5.26 Å². The summed E-state index contributed by atoms with van der Waals surface area (Å²) in [7, 11) is 1.70. The van der Waals surface area contributed by atoms with Gasteiger partial charge < -0.3 is 10.1 Å². The van der Waals surface area contributed by atoms with E-state index in [0.717, 1.165) is 6.07 Å². The lowest BCUT2D eigenvalue weighted by molar-refractivity contribution is -0.385. The van der Waals surface area contributed by atoms with Gasteiger partial charge in [0.05, 0.1) is 16.6 Å². The number of pyridine rings is 1. The monoisotopic (exact) mass is 270 g/mol. The van der Waals surface area contributed by atoms with E-state index in [1.54, 1.807) is 25.2 Å². The number of ether oxygens (including phenoxy) is 1. The molecule has 1 aromatic heterocycles. The molecule has 0 bridgehead atoms. The van der Waals surface area contributed by atoms with Crippen LogP contribution in [0.5, 0.6) is 11.6 Å². The zero-order valence-electron chi connectivity index (χ0n) is 10.5. The molecule has 0 fully saturated rings. The number of nitro groups is 1. The van der Waals surface area contributed by atoms with Crippen molar-refractivity contribution in [2.45, 2.75) is 0 Å². The third-order valence-corrected chi connectivity index (χ3v) is 2.48. The topological polar surface area (TPSA) is 101 Å². The number of nitro benzene ring substituents is 1. The standard InChI is InChI=1S/C13H10N4O3/c1-15-12-3-2-4-13(16-12)20-11-6-5-9(8-14)7-10(11)17(18)19/h2-7H,1H3,(H,15,16). The highest BCUT2D eigenvalue weighted by atomic mass is 16.6. The normalized spacial score (nSPS) is 9.60. The van der Waals surface area contributed by atoms with Crippen LogP contribution in [0.1, 0.15) is 5.56 Å². The number of aromatic nitrogens is 1. The first kappa shape index (κ1) is 13.3. The van der Waals surface area contributed by atoms with Gasteiger partial charge in [0, 0.05) is 19.2 Å². The molecule has 0 saturated carbocycles. The maximum atomic E-state index is 11.0. The molecule has 2 rings (SSSR count). The van der Waals surface area contributed by atoms with Crippen LogP contribution >= 0.6 is 0 Å². The van der Waals surface area contributed by atoms with Crippen molar-refractivity contribution in [3.63, 3.8) is 0 Å². The zero-order chi connectivity index (χ0) is 14.5. The number of hydrogen-bond donors (Lipinski definition) is 1. The molecular formula is C13H10N4O3. The molecule has 100 valence electrons. The summed E-state index contributed by atoms with van der Waals surface area (Å²) in [6.45, 7) is 0. The summed E-state index contributed by atoms with van der Waals surface area (Å²) >= 11 is 0. The van der Waals surface area contributed by atoms with Crippen molar-refractivity contribution in [1.82, 2.24) is 4.98 Å². The fourth-order valence-corrected chi connectivity index (χ4v) is 1.54. The van der Waals surface area contributed by atoms with Crippen LogP contribution in [0.3, 0.4) is 0 Å². The Morgan fingerprint density at radius 3 is 2.85 bits per heavy atom. The molecule has 1 aromatic carbocycles. The Hall–Kier alpha value is -3.14. The summed E-state index contributed by atoms with van der Waals surface area (Å²) in [6.07, 6.45) is 0. The Balaban J connectivity index is 2.37. The lowest BCUT2D eigenvalue weighted by Gasteiger charge is -2.07. The molecule has 0 saturated heterocycles. The maximum Gasteiger partial charge on any atom is 0.312 e. The number of hydrogen-bond acceptors (Lipinski definition) is 6. The zero-order valence-corrected chi connectivity index (χ0v) is 10.5. The molecule has 0 atom stereocenters. The van der Waals surface area contributed by atoms with Gasteiger partial charge in [-0.05, 0) is 18.2 Å². The van der Waals surface area contributed by atoms with E-state index < -0.39 is 4.92 Å². The van der Waals surface area contributed by atoms with Crippen LogP contribution in [0.15, 0.2) is 36.4 Å². The second-order valence-electron chi connectivity index (χ2n) is 3.76. The summed E-state index contributed by atoms with van der Waals surface area (Å²) in [5.41, 5.74) is -0.0818. The average molecular weight is 270 g/mol. The van der Waals surface area contributed by atoms with E-state index in [4.69, 9.17) is 10.00 Å². The Morgan fingerprint density at radius 2 is 2.20 bits per heavy atom. The molecule has 0 unspecified atom stereocenters. The first-order valence-electron chi connectivity index (χ1n) is 5.65. The van der Waals surface area contributed by atoms with Crippen LogP contribution in [-0.4, -0.2) is 17.0 Å². The lowest BCUT2D eigenvalue weighted by Crippen LogP contribution is -1.97. The predicted octanol–water partition coefficient (Wildman–Crippen LogP) is 2.70. The molecule has 20 heavy (non-hydrogen) atoms. The third kappa shape index (κ3) is 2.81. The fourth-order valence-electron chi connectivity index (χ4n) is 1.54. The number of nitrogens with zero attached hydrogens (tertiary/aromatic N) is 3. The highest BCUT2D eigenvalue weighted by Gasteiger charge is 2.17. The highest BCUT2D eigenvalue weighted by molar-refractivity contribution is 5.53. The van der Waals surface area contributed by atoms with Gasteiger partial charge >= 0.3 is 5.69 Å². The van der Waals surface area contributed by atoms with Gasteiger partial charge in [0.25, 0.3) is 0 Å². The van der Waals surface area contributed by atoms with Crippen LogP contribution in [0.2, 0.25) is 0 Å². The lowest BCUT2D eigenvalue weighted by atomic mass is 10.2. The summed E-state index contributed by atoms with van der Waals surface area (Å²) in [4.78, 5) is 14.5. The van der Waals surface area contributed by atoms with Crippen LogP contribution in [0.4, 0.5) is 11.5 Å². The van der Waals surface area contributed by atoms with Crippen molar-refractivity contribution < 1.29 is 9.66 Å². The van der Waals surface area contributed by atoms with Gasteiger partial charge in [-0.25, -0.2) is 0 Å². The van der Waals surface area contributed by atoms with Crippen molar-refractivity contribution in [3.8, 4) is 17.7 Å². The van der Waals surface area contributed by atoms with Gasteiger partial charge in [-0.3, -0.25) is 10.1 Å². The molecule has 0 amide bonds. The van der Waals surface area contributed by atoms with Crippen molar-refractivity contribution in [3.05, 3.63) is 52.1 Å². The quantitative estimate of drug-likeness (QED) is 0.677. The van der Waals surface area contributed by atoms with E-state index in [-0.39, 0.29) is 22.9 Å². The minimum Gasteiger partial charge on any atom is -0.432 e. The second kappa shape index (κ2) is 5.67. The molecule has 0 radical (unpaired) electrons. The minimum absolute atomic E-state index is 0.0368. The van der Waals surface area contributed by atoms with Gasteiger partial charge in [0.1, 0.15) is 5.82 Å². The Morgan fingerprint density at radius 1 is 1.40 bits per heavy atom. The average Bonchev–Trinajstić information content (AvgIpc) is 2.47.